The monoisotopic (exact) mass is 231 g/mol. The molecular formula is C6H9BrF3N. The van der Waals surface area contributed by atoms with Gasteiger partial charge in [0.05, 0.1) is 5.92 Å². The van der Waals surface area contributed by atoms with E-state index in [1.54, 1.807) is 0 Å². The molecule has 1 N–H and O–H groups in total. The summed E-state index contributed by atoms with van der Waals surface area (Å²) >= 11 is 3.16. The molecule has 0 amide bonds. The maximum Gasteiger partial charge on any atom is 0.393 e. The molecule has 0 aromatic rings. The molecule has 1 nitrogen and oxygen atoms in total. The molecule has 1 aliphatic heterocycles. The van der Waals surface area contributed by atoms with Crippen LogP contribution < -0.4 is 5.32 Å². The van der Waals surface area contributed by atoms with Crippen molar-refractivity contribution >= 4 is 15.9 Å². The highest BCUT2D eigenvalue weighted by Crippen LogP contribution is 2.32. The van der Waals surface area contributed by atoms with Crippen LogP contribution in [0.25, 0.3) is 0 Å². The third kappa shape index (κ3) is 2.63. The average Bonchev–Trinajstić information content (AvgIpc) is 1.86. The van der Waals surface area contributed by atoms with Gasteiger partial charge in [-0.2, -0.15) is 13.2 Å². The van der Waals surface area contributed by atoms with Gasteiger partial charge in [0, 0.05) is 17.9 Å². The molecule has 1 heterocycles. The van der Waals surface area contributed by atoms with Crippen molar-refractivity contribution in [2.24, 2.45) is 5.92 Å². The Hall–Kier alpha value is 0.230. The fraction of sp³-hybridized carbons (Fsp3) is 1.00. The molecule has 0 saturated carbocycles. The predicted molar refractivity (Wildman–Crippen MR) is 39.7 cm³/mol. The van der Waals surface area contributed by atoms with Crippen molar-refractivity contribution in [1.82, 2.24) is 5.32 Å². The zero-order chi connectivity index (χ0) is 8.48. The van der Waals surface area contributed by atoms with E-state index in [-0.39, 0.29) is 17.8 Å². The van der Waals surface area contributed by atoms with E-state index < -0.39 is 12.1 Å². The van der Waals surface area contributed by atoms with Gasteiger partial charge in [0.15, 0.2) is 0 Å². The smallest absolute Gasteiger partial charge is 0.315 e. The minimum absolute atomic E-state index is 0.0390. The Kier molecular flexibility index (Phi) is 2.80. The number of hydrogen-bond acceptors (Lipinski definition) is 1. The van der Waals surface area contributed by atoms with Crippen LogP contribution in [0.2, 0.25) is 0 Å². The molecule has 2 atom stereocenters. The van der Waals surface area contributed by atoms with E-state index in [1.165, 1.54) is 0 Å². The van der Waals surface area contributed by atoms with Gasteiger partial charge < -0.3 is 5.32 Å². The van der Waals surface area contributed by atoms with Gasteiger partial charge in [-0.1, -0.05) is 15.9 Å². The molecule has 1 aliphatic rings. The summed E-state index contributed by atoms with van der Waals surface area (Å²) < 4.78 is 36.2. The molecule has 1 rings (SSSR count). The number of piperidine rings is 1. The second-order valence-electron chi connectivity index (χ2n) is 2.73. The molecular weight excluding hydrogens is 223 g/mol. The first-order chi connectivity index (χ1) is 5.00. The summed E-state index contributed by atoms with van der Waals surface area (Å²) in [4.78, 5) is -0.0390. The summed E-state index contributed by atoms with van der Waals surface area (Å²) in [7, 11) is 0. The Morgan fingerprint density at radius 3 is 2.27 bits per heavy atom. The van der Waals surface area contributed by atoms with Crippen LogP contribution in [-0.2, 0) is 0 Å². The molecule has 0 bridgehead atoms. The second-order valence-corrected chi connectivity index (χ2v) is 4.02. The molecule has 0 aromatic carbocycles. The zero-order valence-electron chi connectivity index (χ0n) is 5.79. The number of nitrogens with one attached hydrogen (secondary N) is 1. The fourth-order valence-electron chi connectivity index (χ4n) is 1.14. The van der Waals surface area contributed by atoms with Crippen LogP contribution in [0.1, 0.15) is 6.42 Å². The predicted octanol–water partition coefficient (Wildman–Crippen LogP) is 1.92. The zero-order valence-corrected chi connectivity index (χ0v) is 7.37. The Balaban J connectivity index is 2.46. The van der Waals surface area contributed by atoms with Crippen molar-refractivity contribution in [3.8, 4) is 0 Å². The highest BCUT2D eigenvalue weighted by Gasteiger charge is 2.41. The first kappa shape index (κ1) is 9.32. The normalized spacial score (nSPS) is 33.8. The van der Waals surface area contributed by atoms with Gasteiger partial charge in [-0.3, -0.25) is 0 Å². The summed E-state index contributed by atoms with van der Waals surface area (Å²) in [5.41, 5.74) is 0. The molecule has 0 aromatic heterocycles. The largest absolute Gasteiger partial charge is 0.393 e. The van der Waals surface area contributed by atoms with E-state index in [9.17, 15) is 13.2 Å². The van der Waals surface area contributed by atoms with Gasteiger partial charge in [0.1, 0.15) is 0 Å². The third-order valence-electron chi connectivity index (χ3n) is 1.76. The third-order valence-corrected chi connectivity index (χ3v) is 2.46. The SMILES string of the molecule is FC(F)(F)C1CNCC(Br)C1. The summed E-state index contributed by atoms with van der Waals surface area (Å²) in [6.07, 6.45) is -3.85. The summed E-state index contributed by atoms with van der Waals surface area (Å²) in [5, 5.41) is 2.72. The lowest BCUT2D eigenvalue weighted by Gasteiger charge is -2.28. The van der Waals surface area contributed by atoms with Gasteiger partial charge in [0.25, 0.3) is 0 Å². The van der Waals surface area contributed by atoms with E-state index in [4.69, 9.17) is 0 Å². The Bertz CT molecular complexity index is 136. The number of rotatable bonds is 0. The first-order valence-corrected chi connectivity index (χ1v) is 4.33. The van der Waals surface area contributed by atoms with Crippen LogP contribution in [0.15, 0.2) is 0 Å². The summed E-state index contributed by atoms with van der Waals surface area (Å²) in [6.45, 7) is 0.693. The van der Waals surface area contributed by atoms with Crippen molar-refractivity contribution in [1.29, 1.82) is 0 Å². The lowest BCUT2D eigenvalue weighted by Crippen LogP contribution is -2.43. The maximum absolute atomic E-state index is 12.1. The van der Waals surface area contributed by atoms with Gasteiger partial charge in [-0.25, -0.2) is 0 Å². The lowest BCUT2D eigenvalue weighted by atomic mass is 9.99. The Labute approximate surface area is 71.5 Å². The molecule has 5 heteroatoms. The number of halogens is 4. The van der Waals surface area contributed by atoms with Crippen LogP contribution in [-0.4, -0.2) is 24.1 Å². The van der Waals surface area contributed by atoms with E-state index in [2.05, 4.69) is 21.2 Å². The Morgan fingerprint density at radius 1 is 1.27 bits per heavy atom. The van der Waals surface area contributed by atoms with Crippen molar-refractivity contribution in [2.45, 2.75) is 17.4 Å². The standard InChI is InChI=1S/C6H9BrF3N/c7-5-1-4(2-11-3-5)6(8,9)10/h4-5,11H,1-3H2. The fourth-order valence-corrected chi connectivity index (χ4v) is 1.82. The lowest BCUT2D eigenvalue weighted by molar-refractivity contribution is -0.177. The number of alkyl halides is 4. The van der Waals surface area contributed by atoms with Crippen LogP contribution in [0.3, 0.4) is 0 Å². The quantitative estimate of drug-likeness (QED) is 0.629. The van der Waals surface area contributed by atoms with Crippen molar-refractivity contribution in [3.63, 3.8) is 0 Å². The molecule has 2 unspecified atom stereocenters. The van der Waals surface area contributed by atoms with Gasteiger partial charge >= 0.3 is 6.18 Å². The minimum Gasteiger partial charge on any atom is -0.315 e. The molecule has 66 valence electrons. The first-order valence-electron chi connectivity index (χ1n) is 3.41. The molecule has 1 fully saturated rings. The highest BCUT2D eigenvalue weighted by atomic mass is 79.9. The van der Waals surface area contributed by atoms with E-state index >= 15 is 0 Å². The number of hydrogen-bond donors (Lipinski definition) is 1. The van der Waals surface area contributed by atoms with Crippen LogP contribution >= 0.6 is 15.9 Å². The van der Waals surface area contributed by atoms with Gasteiger partial charge in [-0.15, -0.1) is 0 Å². The van der Waals surface area contributed by atoms with Crippen molar-refractivity contribution in [3.05, 3.63) is 0 Å². The molecule has 1 saturated heterocycles. The minimum atomic E-state index is -4.04. The molecule has 0 radical (unpaired) electrons. The topological polar surface area (TPSA) is 12.0 Å². The van der Waals surface area contributed by atoms with Crippen LogP contribution in [0, 0.1) is 5.92 Å². The van der Waals surface area contributed by atoms with Gasteiger partial charge in [-0.05, 0) is 6.42 Å². The van der Waals surface area contributed by atoms with Gasteiger partial charge in [0.2, 0.25) is 0 Å². The summed E-state index contributed by atoms with van der Waals surface area (Å²) in [5.74, 6) is -1.18. The maximum atomic E-state index is 12.1. The Morgan fingerprint density at radius 2 is 1.91 bits per heavy atom. The van der Waals surface area contributed by atoms with Crippen molar-refractivity contribution < 1.29 is 13.2 Å². The average molecular weight is 232 g/mol. The summed E-state index contributed by atoms with van der Waals surface area (Å²) in [6, 6.07) is 0. The highest BCUT2D eigenvalue weighted by molar-refractivity contribution is 9.09. The van der Waals surface area contributed by atoms with Crippen molar-refractivity contribution in [2.75, 3.05) is 13.1 Å². The van der Waals surface area contributed by atoms with E-state index in [0.29, 0.717) is 6.54 Å². The second kappa shape index (κ2) is 3.31. The van der Waals surface area contributed by atoms with E-state index in [0.717, 1.165) is 0 Å². The molecule has 0 aliphatic carbocycles. The van der Waals surface area contributed by atoms with Crippen LogP contribution in [0.4, 0.5) is 13.2 Å². The van der Waals surface area contributed by atoms with E-state index in [1.807, 2.05) is 0 Å². The molecule has 11 heavy (non-hydrogen) atoms. The molecule has 0 spiro atoms. The van der Waals surface area contributed by atoms with Crippen LogP contribution in [0.5, 0.6) is 0 Å².